The molecule has 1 aromatic heterocycles. The maximum absolute atomic E-state index is 10.7. The number of aromatic nitrogens is 1. The Morgan fingerprint density at radius 3 is 2.62 bits per heavy atom. The first-order valence-electron chi connectivity index (χ1n) is 8.09. The summed E-state index contributed by atoms with van der Waals surface area (Å²) in [6.45, 7) is 2.10. The van der Waals surface area contributed by atoms with Gasteiger partial charge in [-0.3, -0.25) is 4.79 Å². The van der Waals surface area contributed by atoms with Gasteiger partial charge >= 0.3 is 5.97 Å². The van der Waals surface area contributed by atoms with E-state index < -0.39 is 5.97 Å². The SMILES string of the molecule is COc1cccc(-c2nc(C)c(COc3ccc(CC(=O)O)cc3)o2)c1. The minimum Gasteiger partial charge on any atom is -0.497 e. The van der Waals surface area contributed by atoms with Crippen LogP contribution in [0.4, 0.5) is 0 Å². The monoisotopic (exact) mass is 353 g/mol. The van der Waals surface area contributed by atoms with Crippen LogP contribution >= 0.6 is 0 Å². The van der Waals surface area contributed by atoms with Gasteiger partial charge in [0.2, 0.25) is 5.89 Å². The van der Waals surface area contributed by atoms with E-state index in [1.165, 1.54) is 0 Å². The van der Waals surface area contributed by atoms with Crippen LogP contribution in [0.2, 0.25) is 0 Å². The Morgan fingerprint density at radius 2 is 1.92 bits per heavy atom. The number of carboxylic acid groups (broad SMARTS) is 1. The van der Waals surface area contributed by atoms with Crippen LogP contribution in [-0.2, 0) is 17.8 Å². The largest absolute Gasteiger partial charge is 0.497 e. The minimum atomic E-state index is -0.860. The fourth-order valence-electron chi connectivity index (χ4n) is 2.47. The lowest BCUT2D eigenvalue weighted by Crippen LogP contribution is -2.00. The van der Waals surface area contributed by atoms with Gasteiger partial charge in [0.1, 0.15) is 18.1 Å². The summed E-state index contributed by atoms with van der Waals surface area (Å²) in [5, 5.41) is 8.79. The summed E-state index contributed by atoms with van der Waals surface area (Å²) in [6.07, 6.45) is -0.00854. The molecule has 2 aromatic carbocycles. The van der Waals surface area contributed by atoms with Crippen molar-refractivity contribution in [3.05, 3.63) is 65.5 Å². The van der Waals surface area contributed by atoms with Crippen molar-refractivity contribution in [3.63, 3.8) is 0 Å². The predicted octanol–water partition coefficient (Wildman–Crippen LogP) is 3.86. The van der Waals surface area contributed by atoms with Crippen molar-refractivity contribution in [1.29, 1.82) is 0 Å². The van der Waals surface area contributed by atoms with Crippen molar-refractivity contribution in [2.75, 3.05) is 7.11 Å². The first kappa shape index (κ1) is 17.5. The van der Waals surface area contributed by atoms with Crippen molar-refractivity contribution in [2.24, 2.45) is 0 Å². The Balaban J connectivity index is 1.69. The Kier molecular flexibility index (Phi) is 5.22. The molecule has 1 heterocycles. The van der Waals surface area contributed by atoms with E-state index in [4.69, 9.17) is 19.0 Å². The minimum absolute atomic E-state index is 0.00854. The highest BCUT2D eigenvalue weighted by molar-refractivity contribution is 5.70. The molecule has 0 bridgehead atoms. The van der Waals surface area contributed by atoms with Crippen LogP contribution in [-0.4, -0.2) is 23.2 Å². The van der Waals surface area contributed by atoms with Crippen LogP contribution in [0.15, 0.2) is 52.9 Å². The molecule has 0 spiro atoms. The summed E-state index contributed by atoms with van der Waals surface area (Å²) in [5.41, 5.74) is 2.31. The van der Waals surface area contributed by atoms with Crippen molar-refractivity contribution in [3.8, 4) is 23.0 Å². The molecule has 0 radical (unpaired) electrons. The summed E-state index contributed by atoms with van der Waals surface area (Å²) >= 11 is 0. The molecular weight excluding hydrogens is 334 g/mol. The molecule has 0 saturated heterocycles. The van der Waals surface area contributed by atoms with Crippen LogP contribution in [0.3, 0.4) is 0 Å². The number of aliphatic carboxylic acids is 1. The van der Waals surface area contributed by atoms with Gasteiger partial charge in [-0.15, -0.1) is 0 Å². The fraction of sp³-hybridized carbons (Fsp3) is 0.200. The number of carboxylic acids is 1. The molecule has 0 aliphatic heterocycles. The number of benzene rings is 2. The van der Waals surface area contributed by atoms with E-state index in [1.807, 2.05) is 31.2 Å². The molecule has 26 heavy (non-hydrogen) atoms. The molecule has 1 N–H and O–H groups in total. The Labute approximate surface area is 151 Å². The summed E-state index contributed by atoms with van der Waals surface area (Å²) in [5.74, 6) is 1.66. The Hall–Kier alpha value is -3.28. The highest BCUT2D eigenvalue weighted by Gasteiger charge is 2.13. The lowest BCUT2D eigenvalue weighted by atomic mass is 10.1. The lowest BCUT2D eigenvalue weighted by Gasteiger charge is -2.05. The van der Waals surface area contributed by atoms with E-state index in [1.54, 1.807) is 31.4 Å². The van der Waals surface area contributed by atoms with Gasteiger partial charge in [-0.2, -0.15) is 0 Å². The highest BCUT2D eigenvalue weighted by Crippen LogP contribution is 2.26. The Morgan fingerprint density at radius 1 is 1.15 bits per heavy atom. The van der Waals surface area contributed by atoms with E-state index in [0.717, 1.165) is 22.6 Å². The first-order chi connectivity index (χ1) is 12.5. The van der Waals surface area contributed by atoms with Gasteiger partial charge in [0, 0.05) is 5.56 Å². The van der Waals surface area contributed by atoms with Gasteiger partial charge < -0.3 is 19.0 Å². The third-order valence-corrected chi connectivity index (χ3v) is 3.86. The standard InChI is InChI=1S/C20H19NO5/c1-13-18(12-25-16-8-6-14(7-9-16)10-19(22)23)26-20(21-13)15-4-3-5-17(11-15)24-2/h3-9,11H,10,12H2,1-2H3,(H,22,23). The number of rotatable bonds is 7. The van der Waals surface area contributed by atoms with Crippen molar-refractivity contribution in [1.82, 2.24) is 4.98 Å². The summed E-state index contributed by atoms with van der Waals surface area (Å²) < 4.78 is 16.8. The third-order valence-electron chi connectivity index (χ3n) is 3.86. The molecule has 6 heteroatoms. The van der Waals surface area contributed by atoms with E-state index in [9.17, 15) is 4.79 Å². The zero-order valence-electron chi connectivity index (χ0n) is 14.6. The highest BCUT2D eigenvalue weighted by atomic mass is 16.5. The van der Waals surface area contributed by atoms with Crippen molar-refractivity contribution in [2.45, 2.75) is 20.0 Å². The van der Waals surface area contributed by atoms with Crippen LogP contribution in [0.25, 0.3) is 11.5 Å². The van der Waals surface area contributed by atoms with Gasteiger partial charge in [-0.25, -0.2) is 4.98 Å². The second-order valence-corrected chi connectivity index (χ2v) is 5.76. The van der Waals surface area contributed by atoms with Crippen LogP contribution in [0.5, 0.6) is 11.5 Å². The van der Waals surface area contributed by atoms with E-state index in [0.29, 0.717) is 17.4 Å². The van der Waals surface area contributed by atoms with Crippen molar-refractivity contribution < 1.29 is 23.8 Å². The summed E-state index contributed by atoms with van der Waals surface area (Å²) in [4.78, 5) is 15.2. The van der Waals surface area contributed by atoms with Gasteiger partial charge in [0.15, 0.2) is 5.76 Å². The van der Waals surface area contributed by atoms with Gasteiger partial charge in [-0.1, -0.05) is 18.2 Å². The van der Waals surface area contributed by atoms with Crippen LogP contribution < -0.4 is 9.47 Å². The van der Waals surface area contributed by atoms with Crippen LogP contribution in [0, 0.1) is 6.92 Å². The molecule has 0 unspecified atom stereocenters. The third kappa shape index (κ3) is 4.22. The molecule has 0 fully saturated rings. The average molecular weight is 353 g/mol. The number of aryl methyl sites for hydroxylation is 1. The van der Waals surface area contributed by atoms with E-state index in [2.05, 4.69) is 4.98 Å². The number of hydrogen-bond donors (Lipinski definition) is 1. The molecule has 0 aliphatic rings. The average Bonchev–Trinajstić information content (AvgIpc) is 3.01. The van der Waals surface area contributed by atoms with Crippen molar-refractivity contribution >= 4 is 5.97 Å². The van der Waals surface area contributed by atoms with E-state index in [-0.39, 0.29) is 13.0 Å². The number of oxazole rings is 1. The topological polar surface area (TPSA) is 81.8 Å². The lowest BCUT2D eigenvalue weighted by molar-refractivity contribution is -0.136. The fourth-order valence-corrected chi connectivity index (χ4v) is 2.47. The maximum atomic E-state index is 10.7. The quantitative estimate of drug-likeness (QED) is 0.694. The van der Waals surface area contributed by atoms with Gasteiger partial charge in [-0.05, 0) is 42.8 Å². The number of methoxy groups -OCH3 is 1. The molecule has 134 valence electrons. The van der Waals surface area contributed by atoms with Gasteiger partial charge in [0.05, 0.1) is 19.2 Å². The number of hydrogen-bond acceptors (Lipinski definition) is 5. The molecule has 3 aromatic rings. The smallest absolute Gasteiger partial charge is 0.307 e. The van der Waals surface area contributed by atoms with Gasteiger partial charge in [0.25, 0.3) is 0 Å². The number of carbonyl (C=O) groups is 1. The molecule has 0 aliphatic carbocycles. The molecule has 0 atom stereocenters. The number of ether oxygens (including phenoxy) is 2. The second kappa shape index (κ2) is 7.74. The van der Waals surface area contributed by atoms with Crippen LogP contribution in [0.1, 0.15) is 17.0 Å². The number of nitrogens with zero attached hydrogens (tertiary/aromatic N) is 1. The molecule has 0 amide bonds. The summed E-state index contributed by atoms with van der Waals surface area (Å²) in [7, 11) is 1.61. The molecule has 6 nitrogen and oxygen atoms in total. The molecule has 3 rings (SSSR count). The zero-order chi connectivity index (χ0) is 18.5. The predicted molar refractivity (Wildman–Crippen MR) is 95.3 cm³/mol. The molecular formula is C20H19NO5. The van der Waals surface area contributed by atoms with E-state index >= 15 is 0 Å². The molecule has 0 saturated carbocycles. The first-order valence-corrected chi connectivity index (χ1v) is 8.09. The normalized spacial score (nSPS) is 10.5. The summed E-state index contributed by atoms with van der Waals surface area (Å²) in [6, 6.07) is 14.5. The maximum Gasteiger partial charge on any atom is 0.307 e. The second-order valence-electron chi connectivity index (χ2n) is 5.76. The zero-order valence-corrected chi connectivity index (χ0v) is 14.6. The Bertz CT molecular complexity index is 899.